The van der Waals surface area contributed by atoms with Gasteiger partial charge in [0.05, 0.1) is 0 Å². The second-order valence-corrected chi connectivity index (χ2v) is 8.22. The molecule has 1 aliphatic heterocycles. The first-order valence-corrected chi connectivity index (χ1v) is 8.58. The van der Waals surface area contributed by atoms with Crippen molar-refractivity contribution in [1.29, 1.82) is 0 Å². The number of nitrogens with zero attached hydrogens (tertiary/aromatic N) is 1. The fraction of sp³-hybridized carbons (Fsp3) is 0.600. The lowest BCUT2D eigenvalue weighted by Crippen LogP contribution is -2.31. The molecule has 1 heterocycles. The third-order valence-corrected chi connectivity index (χ3v) is 5.32. The van der Waals surface area contributed by atoms with Crippen molar-refractivity contribution < 1.29 is 4.74 Å². The monoisotopic (exact) mass is 343 g/mol. The van der Waals surface area contributed by atoms with Crippen LogP contribution in [0, 0.1) is 0 Å². The van der Waals surface area contributed by atoms with Gasteiger partial charge in [-0.25, -0.2) is 0 Å². The molecule has 2 rings (SSSR count). The van der Waals surface area contributed by atoms with Crippen LogP contribution in [0.5, 0.6) is 5.75 Å². The Kier molecular flexibility index (Phi) is 5.60. The van der Waals surface area contributed by atoms with Crippen LogP contribution in [-0.2, 0) is 0 Å². The number of rotatable bonds is 4. The fourth-order valence-corrected chi connectivity index (χ4v) is 3.51. The third kappa shape index (κ3) is 5.36. The van der Waals surface area contributed by atoms with Crippen molar-refractivity contribution in [3.05, 3.63) is 28.7 Å². The molecule has 0 amide bonds. The summed E-state index contributed by atoms with van der Waals surface area (Å²) in [4.78, 5) is 2.51. The van der Waals surface area contributed by atoms with Gasteiger partial charge in [0.25, 0.3) is 0 Å². The Morgan fingerprint density at radius 3 is 2.74 bits per heavy atom. The molecule has 0 saturated carbocycles. The molecule has 0 aliphatic carbocycles. The highest BCUT2D eigenvalue weighted by Crippen LogP contribution is 2.30. The highest BCUT2D eigenvalue weighted by atomic mass is 79.9. The van der Waals surface area contributed by atoms with Crippen LogP contribution in [0.4, 0.5) is 0 Å². The minimum absolute atomic E-state index is 0.432. The summed E-state index contributed by atoms with van der Waals surface area (Å²) in [5.74, 6) is 2.18. The van der Waals surface area contributed by atoms with Crippen molar-refractivity contribution in [2.45, 2.75) is 25.0 Å². The number of thioether (sulfide) groups is 1. The molecule has 1 aromatic rings. The van der Waals surface area contributed by atoms with Crippen LogP contribution < -0.4 is 4.74 Å². The van der Waals surface area contributed by atoms with Gasteiger partial charge in [0.15, 0.2) is 0 Å². The highest BCUT2D eigenvalue weighted by Gasteiger charge is 2.23. The Bertz CT molecular complexity index is 394. The summed E-state index contributed by atoms with van der Waals surface area (Å²) in [5.41, 5.74) is 0. The predicted molar refractivity (Wildman–Crippen MR) is 87.2 cm³/mol. The van der Waals surface area contributed by atoms with Gasteiger partial charge in [-0.2, -0.15) is 11.8 Å². The Morgan fingerprint density at radius 2 is 2.00 bits per heavy atom. The molecule has 1 saturated heterocycles. The van der Waals surface area contributed by atoms with E-state index < -0.39 is 0 Å². The van der Waals surface area contributed by atoms with Crippen LogP contribution in [0.15, 0.2) is 28.7 Å². The van der Waals surface area contributed by atoms with E-state index in [9.17, 15) is 0 Å². The zero-order valence-electron chi connectivity index (χ0n) is 11.7. The summed E-state index contributed by atoms with van der Waals surface area (Å²) in [7, 11) is 0. The highest BCUT2D eigenvalue weighted by molar-refractivity contribution is 9.10. The van der Waals surface area contributed by atoms with E-state index in [-0.39, 0.29) is 0 Å². The van der Waals surface area contributed by atoms with E-state index in [1.165, 1.54) is 25.3 Å². The minimum atomic E-state index is 0.432. The quantitative estimate of drug-likeness (QED) is 0.818. The smallest absolute Gasteiger partial charge is 0.119 e. The van der Waals surface area contributed by atoms with Gasteiger partial charge in [-0.05, 0) is 37.2 Å². The Hall–Kier alpha value is -0.190. The lowest BCUT2D eigenvalue weighted by Gasteiger charge is -2.22. The molecular weight excluding hydrogens is 322 g/mol. The first-order valence-electron chi connectivity index (χ1n) is 6.80. The number of hydrogen-bond donors (Lipinski definition) is 0. The van der Waals surface area contributed by atoms with Crippen molar-refractivity contribution in [1.82, 2.24) is 4.90 Å². The molecule has 1 aliphatic rings. The van der Waals surface area contributed by atoms with Crippen molar-refractivity contribution in [2.24, 2.45) is 0 Å². The Balaban J connectivity index is 1.72. The summed E-state index contributed by atoms with van der Waals surface area (Å²) in [6.45, 7) is 8.85. The summed E-state index contributed by atoms with van der Waals surface area (Å²) in [6, 6.07) is 8.04. The second-order valence-electron chi connectivity index (χ2n) is 5.50. The van der Waals surface area contributed by atoms with Crippen LogP contribution in [-0.4, -0.2) is 41.6 Å². The molecule has 2 nitrogen and oxygen atoms in total. The molecule has 0 spiro atoms. The normalized spacial score (nSPS) is 19.9. The van der Waals surface area contributed by atoms with E-state index in [0.29, 0.717) is 4.75 Å². The molecule has 106 valence electrons. The summed E-state index contributed by atoms with van der Waals surface area (Å²) >= 11 is 5.52. The van der Waals surface area contributed by atoms with E-state index in [1.807, 2.05) is 24.3 Å². The zero-order chi connectivity index (χ0) is 13.7. The largest absolute Gasteiger partial charge is 0.492 e. The first kappa shape index (κ1) is 15.2. The van der Waals surface area contributed by atoms with Gasteiger partial charge in [0.1, 0.15) is 12.4 Å². The van der Waals surface area contributed by atoms with Crippen molar-refractivity contribution >= 4 is 27.7 Å². The molecule has 0 aromatic heterocycles. The van der Waals surface area contributed by atoms with Crippen molar-refractivity contribution in [2.75, 3.05) is 32.0 Å². The third-order valence-electron chi connectivity index (χ3n) is 3.42. The number of benzene rings is 1. The molecule has 0 bridgehead atoms. The van der Waals surface area contributed by atoms with Crippen LogP contribution in [0.1, 0.15) is 20.3 Å². The maximum absolute atomic E-state index is 5.79. The lowest BCUT2D eigenvalue weighted by atomic mass is 10.1. The van der Waals surface area contributed by atoms with E-state index in [2.05, 4.69) is 46.4 Å². The van der Waals surface area contributed by atoms with Crippen LogP contribution in [0.3, 0.4) is 0 Å². The van der Waals surface area contributed by atoms with Gasteiger partial charge >= 0.3 is 0 Å². The van der Waals surface area contributed by atoms with Gasteiger partial charge in [0, 0.05) is 28.1 Å². The summed E-state index contributed by atoms with van der Waals surface area (Å²) in [5, 5.41) is 0. The maximum Gasteiger partial charge on any atom is 0.119 e. The Morgan fingerprint density at radius 1 is 1.26 bits per heavy atom. The SMILES string of the molecule is CC1(C)CCN(CCOc2ccc(Br)cc2)CCS1. The van der Waals surface area contributed by atoms with Gasteiger partial charge in [-0.1, -0.05) is 29.8 Å². The van der Waals surface area contributed by atoms with E-state index >= 15 is 0 Å². The summed E-state index contributed by atoms with van der Waals surface area (Å²) in [6.07, 6.45) is 1.26. The van der Waals surface area contributed by atoms with E-state index in [4.69, 9.17) is 4.74 Å². The molecule has 0 radical (unpaired) electrons. The van der Waals surface area contributed by atoms with Crippen LogP contribution >= 0.6 is 27.7 Å². The number of hydrogen-bond acceptors (Lipinski definition) is 3. The van der Waals surface area contributed by atoms with Gasteiger partial charge < -0.3 is 4.74 Å². The van der Waals surface area contributed by atoms with E-state index in [1.54, 1.807) is 0 Å². The van der Waals surface area contributed by atoms with Gasteiger partial charge in [0.2, 0.25) is 0 Å². The topological polar surface area (TPSA) is 12.5 Å². The van der Waals surface area contributed by atoms with Crippen LogP contribution in [0.2, 0.25) is 0 Å². The first-order chi connectivity index (χ1) is 9.05. The molecule has 1 fully saturated rings. The maximum atomic E-state index is 5.79. The Labute approximate surface area is 129 Å². The van der Waals surface area contributed by atoms with E-state index in [0.717, 1.165) is 23.4 Å². The number of ether oxygens (including phenoxy) is 1. The summed E-state index contributed by atoms with van der Waals surface area (Å²) < 4.78 is 7.31. The standard InChI is InChI=1S/C15H22BrNOS/c1-15(2)7-8-17(10-12-19-15)9-11-18-14-5-3-13(16)4-6-14/h3-6H,7-12H2,1-2H3. The number of halogens is 1. The molecule has 1 aromatic carbocycles. The fourth-order valence-electron chi connectivity index (χ4n) is 2.11. The molecule has 0 unspecified atom stereocenters. The molecule has 0 N–H and O–H groups in total. The zero-order valence-corrected chi connectivity index (χ0v) is 14.1. The minimum Gasteiger partial charge on any atom is -0.492 e. The lowest BCUT2D eigenvalue weighted by molar-refractivity contribution is 0.214. The predicted octanol–water partition coefficient (Wildman–Crippen LogP) is 4.05. The second kappa shape index (κ2) is 7.00. The average molecular weight is 344 g/mol. The van der Waals surface area contributed by atoms with Crippen molar-refractivity contribution in [3.63, 3.8) is 0 Å². The average Bonchev–Trinajstić information content (AvgIpc) is 2.53. The molecule has 0 atom stereocenters. The van der Waals surface area contributed by atoms with Crippen LogP contribution in [0.25, 0.3) is 0 Å². The van der Waals surface area contributed by atoms with Gasteiger partial charge in [-0.15, -0.1) is 0 Å². The van der Waals surface area contributed by atoms with Crippen molar-refractivity contribution in [3.8, 4) is 5.75 Å². The molecule has 19 heavy (non-hydrogen) atoms. The van der Waals surface area contributed by atoms with Gasteiger partial charge in [-0.3, -0.25) is 4.90 Å². The molecule has 4 heteroatoms. The molecular formula is C15H22BrNOS.